The van der Waals surface area contributed by atoms with Gasteiger partial charge in [-0.2, -0.15) is 5.21 Å². The van der Waals surface area contributed by atoms with Gasteiger partial charge in [-0.15, -0.1) is 16.6 Å². The molecule has 0 spiro atoms. The van der Waals surface area contributed by atoms with Gasteiger partial charge in [0.1, 0.15) is 0 Å². The second kappa shape index (κ2) is 3.55. The van der Waals surface area contributed by atoms with Crippen molar-refractivity contribution in [1.82, 2.24) is 15.4 Å². The van der Waals surface area contributed by atoms with E-state index in [0.29, 0.717) is 0 Å². The van der Waals surface area contributed by atoms with Crippen molar-refractivity contribution in [3.63, 3.8) is 0 Å². The van der Waals surface area contributed by atoms with Crippen LogP contribution in [0.5, 0.6) is 0 Å². The first kappa shape index (κ1) is 9.02. The molecule has 0 saturated heterocycles. The maximum absolute atomic E-state index is 10.5. The fraction of sp³-hybridized carbons (Fsp3) is 0.167. The minimum Gasteiger partial charge on any atom is -0.476 e. The third-order valence-electron chi connectivity index (χ3n) is 1.27. The van der Waals surface area contributed by atoms with Gasteiger partial charge >= 0.3 is 5.97 Å². The molecule has 1 aromatic rings. The molecule has 0 atom stereocenters. The Morgan fingerprint density at radius 1 is 1.77 bits per heavy atom. The maximum atomic E-state index is 10.5. The van der Waals surface area contributed by atoms with Gasteiger partial charge in [-0.1, -0.05) is 5.92 Å². The van der Waals surface area contributed by atoms with Crippen molar-refractivity contribution in [2.45, 2.75) is 0 Å². The second-order valence-corrected chi connectivity index (χ2v) is 2.13. The van der Waals surface area contributed by atoms with Crippen LogP contribution in [0.2, 0.25) is 0 Å². The van der Waals surface area contributed by atoms with Crippen LogP contribution in [0.1, 0.15) is 10.5 Å². The first-order valence-corrected chi connectivity index (χ1v) is 3.26. The highest BCUT2D eigenvalue weighted by Crippen LogP contribution is 2.09. The number of hydrogen-bond donors (Lipinski definition) is 3. The summed E-state index contributed by atoms with van der Waals surface area (Å²) in [6, 6.07) is 0. The molecule has 0 aromatic carbocycles. The number of hydrogen-bond acceptors (Lipinski definition) is 5. The van der Waals surface area contributed by atoms with Crippen LogP contribution in [0.3, 0.4) is 0 Å². The number of carboxylic acid groups (broad SMARTS) is 1. The zero-order chi connectivity index (χ0) is 9.84. The van der Waals surface area contributed by atoms with Gasteiger partial charge in [-0.25, -0.2) is 10.6 Å². The van der Waals surface area contributed by atoms with E-state index in [1.54, 1.807) is 0 Å². The van der Waals surface area contributed by atoms with Gasteiger partial charge in [0, 0.05) is 0 Å². The predicted octanol–water partition coefficient (Wildman–Crippen LogP) is -1.18. The number of H-pyrrole nitrogens is 1. The lowest BCUT2D eigenvalue weighted by Crippen LogP contribution is -2.32. The van der Waals surface area contributed by atoms with E-state index in [9.17, 15) is 4.79 Å². The molecule has 1 rings (SSSR count). The van der Waals surface area contributed by atoms with Crippen molar-refractivity contribution in [3.8, 4) is 12.3 Å². The largest absolute Gasteiger partial charge is 0.476 e. The molecule has 0 saturated carbocycles. The number of aromatic nitrogens is 3. The lowest BCUT2D eigenvalue weighted by atomic mass is 10.4. The zero-order valence-electron chi connectivity index (χ0n) is 6.56. The first-order chi connectivity index (χ1) is 6.16. The van der Waals surface area contributed by atoms with E-state index < -0.39 is 5.97 Å². The number of hydrazine groups is 1. The van der Waals surface area contributed by atoms with Crippen molar-refractivity contribution >= 4 is 11.8 Å². The molecule has 0 aliphatic carbocycles. The van der Waals surface area contributed by atoms with Crippen LogP contribution in [0, 0.1) is 12.3 Å². The summed E-state index contributed by atoms with van der Waals surface area (Å²) in [5.74, 6) is 6.45. The van der Waals surface area contributed by atoms with Gasteiger partial charge < -0.3 is 5.11 Å². The summed E-state index contributed by atoms with van der Waals surface area (Å²) in [7, 11) is 0. The Labute approximate surface area is 73.5 Å². The minimum absolute atomic E-state index is 0.0189. The molecule has 1 heterocycles. The summed E-state index contributed by atoms with van der Waals surface area (Å²) < 4.78 is 0. The van der Waals surface area contributed by atoms with Gasteiger partial charge in [0.2, 0.25) is 11.5 Å². The van der Waals surface area contributed by atoms with Crippen LogP contribution in [0.4, 0.5) is 5.82 Å². The molecule has 13 heavy (non-hydrogen) atoms. The summed E-state index contributed by atoms with van der Waals surface area (Å²) in [6.45, 7) is 0.0623. The molecule has 7 heteroatoms. The van der Waals surface area contributed by atoms with E-state index >= 15 is 0 Å². The Morgan fingerprint density at radius 3 is 3.00 bits per heavy atom. The second-order valence-electron chi connectivity index (χ2n) is 2.13. The summed E-state index contributed by atoms with van der Waals surface area (Å²) >= 11 is 0. The Kier molecular flexibility index (Phi) is 2.47. The highest BCUT2D eigenvalue weighted by Gasteiger charge is 2.18. The summed E-state index contributed by atoms with van der Waals surface area (Å²) in [4.78, 5) is 10.5. The van der Waals surface area contributed by atoms with Crippen molar-refractivity contribution in [3.05, 3.63) is 5.69 Å². The first-order valence-electron chi connectivity index (χ1n) is 3.26. The minimum atomic E-state index is -1.21. The molecule has 0 unspecified atom stereocenters. The van der Waals surface area contributed by atoms with E-state index in [0.717, 1.165) is 5.01 Å². The Balaban J connectivity index is 2.94. The van der Waals surface area contributed by atoms with E-state index in [2.05, 4.69) is 21.3 Å². The lowest BCUT2D eigenvalue weighted by molar-refractivity contribution is 0.0691. The molecule has 0 amide bonds. The van der Waals surface area contributed by atoms with E-state index in [4.69, 9.17) is 17.4 Å². The lowest BCUT2D eigenvalue weighted by Gasteiger charge is -2.10. The number of nitrogens with two attached hydrogens (primary N) is 1. The molecule has 0 fully saturated rings. The van der Waals surface area contributed by atoms with E-state index in [-0.39, 0.29) is 18.1 Å². The quantitative estimate of drug-likeness (QED) is 0.307. The molecule has 0 aliphatic rings. The number of anilines is 1. The van der Waals surface area contributed by atoms with Crippen molar-refractivity contribution in [1.29, 1.82) is 0 Å². The third kappa shape index (κ3) is 1.74. The normalized spacial score (nSPS) is 9.23. The molecule has 0 bridgehead atoms. The standard InChI is InChI=1S/C6H7N5O2/c1-2-3-11(7)5-4(6(12)13)8-10-9-5/h1H,3,7H2,(H,12,13)(H,8,9,10). The van der Waals surface area contributed by atoms with Crippen LogP contribution < -0.4 is 10.9 Å². The number of aromatic carboxylic acids is 1. The Hall–Kier alpha value is -2.07. The highest BCUT2D eigenvalue weighted by atomic mass is 16.4. The highest BCUT2D eigenvalue weighted by molar-refractivity contribution is 5.90. The summed E-state index contributed by atoms with van der Waals surface area (Å²) in [5, 5.41) is 18.7. The average Bonchev–Trinajstić information content (AvgIpc) is 2.52. The van der Waals surface area contributed by atoms with E-state index in [1.807, 2.05) is 0 Å². The molecule has 1 aromatic heterocycles. The monoisotopic (exact) mass is 181 g/mol. The van der Waals surface area contributed by atoms with Gasteiger partial charge in [0.05, 0.1) is 6.54 Å². The predicted molar refractivity (Wildman–Crippen MR) is 43.7 cm³/mol. The van der Waals surface area contributed by atoms with Gasteiger partial charge in [0.25, 0.3) is 0 Å². The van der Waals surface area contributed by atoms with Crippen LogP contribution in [0.25, 0.3) is 0 Å². The van der Waals surface area contributed by atoms with Crippen molar-refractivity contribution in [2.24, 2.45) is 5.84 Å². The number of carboxylic acids is 1. The van der Waals surface area contributed by atoms with Crippen LogP contribution in [-0.2, 0) is 0 Å². The van der Waals surface area contributed by atoms with Gasteiger partial charge in [-0.3, -0.25) is 5.01 Å². The van der Waals surface area contributed by atoms with Gasteiger partial charge in [0.15, 0.2) is 0 Å². The maximum Gasteiger partial charge on any atom is 0.360 e. The topological polar surface area (TPSA) is 108 Å². The average molecular weight is 181 g/mol. The van der Waals surface area contributed by atoms with Crippen LogP contribution >= 0.6 is 0 Å². The number of nitrogens with zero attached hydrogens (tertiary/aromatic N) is 3. The SMILES string of the molecule is C#CCN(N)c1n[nH]nc1C(=O)O. The smallest absolute Gasteiger partial charge is 0.360 e. The van der Waals surface area contributed by atoms with Crippen LogP contribution in [-0.4, -0.2) is 33.0 Å². The molecule has 4 N–H and O–H groups in total. The number of carbonyl (C=O) groups is 1. The third-order valence-corrected chi connectivity index (χ3v) is 1.27. The van der Waals surface area contributed by atoms with Crippen molar-refractivity contribution in [2.75, 3.05) is 11.6 Å². The Bertz CT molecular complexity index is 352. The molecule has 0 aliphatic heterocycles. The fourth-order valence-corrected chi connectivity index (χ4v) is 0.742. The molecular weight excluding hydrogens is 174 g/mol. The number of nitrogens with one attached hydrogen (secondary N) is 1. The number of terminal acetylenes is 1. The molecular formula is C6H7N5O2. The van der Waals surface area contributed by atoms with Crippen LogP contribution in [0.15, 0.2) is 0 Å². The molecule has 7 nitrogen and oxygen atoms in total. The summed E-state index contributed by atoms with van der Waals surface area (Å²) in [5.41, 5.74) is -0.252. The number of rotatable bonds is 3. The molecule has 68 valence electrons. The van der Waals surface area contributed by atoms with E-state index in [1.165, 1.54) is 0 Å². The summed E-state index contributed by atoms with van der Waals surface area (Å²) in [6.07, 6.45) is 4.98. The number of aromatic amines is 1. The zero-order valence-corrected chi connectivity index (χ0v) is 6.56. The fourth-order valence-electron chi connectivity index (χ4n) is 0.742. The Morgan fingerprint density at radius 2 is 2.46 bits per heavy atom. The van der Waals surface area contributed by atoms with Gasteiger partial charge in [-0.05, 0) is 0 Å². The van der Waals surface area contributed by atoms with Crippen molar-refractivity contribution < 1.29 is 9.90 Å². The molecule has 0 radical (unpaired) electrons.